The summed E-state index contributed by atoms with van der Waals surface area (Å²) in [5.74, 6) is 0.578. The number of rotatable bonds is 5. The molecule has 0 saturated carbocycles. The van der Waals surface area contributed by atoms with Crippen LogP contribution in [0.2, 0.25) is 0 Å². The Balaban J connectivity index is 1.66. The topological polar surface area (TPSA) is 134 Å². The molecule has 12 heteroatoms. The number of hydrogen-bond donors (Lipinski definition) is 4. The molecule has 0 radical (unpaired) electrons. The molecule has 5 N–H and O–H groups in total. The number of alkyl halides is 3. The number of anilines is 3. The van der Waals surface area contributed by atoms with Crippen molar-refractivity contribution >= 4 is 40.5 Å². The minimum Gasteiger partial charge on any atom is -0.465 e. The number of nitrogens with two attached hydrogens (primary N) is 1. The number of imidazole rings is 1. The molecule has 0 aliphatic heterocycles. The average Bonchev–Trinajstić information content (AvgIpc) is 3.14. The number of urea groups is 1. The molecule has 0 bridgehead atoms. The summed E-state index contributed by atoms with van der Waals surface area (Å²) in [5, 5.41) is 10.9. The molecule has 4 aromatic rings. The SMILES string of the molecule is NC(=O)N(c1cccc(Oc2ccc3nc(NC(=O)O)[nH]c3c2)c1)c1ccccc1C(F)(F)F. The molecule has 9 nitrogen and oxygen atoms in total. The Labute approximate surface area is 189 Å². The van der Waals surface area contributed by atoms with E-state index in [1.807, 2.05) is 0 Å². The van der Waals surface area contributed by atoms with Crippen molar-refractivity contribution in [1.82, 2.24) is 9.97 Å². The summed E-state index contributed by atoms with van der Waals surface area (Å²) in [6, 6.07) is 14.1. The highest BCUT2D eigenvalue weighted by Crippen LogP contribution is 2.40. The van der Waals surface area contributed by atoms with Crippen molar-refractivity contribution in [2.24, 2.45) is 5.73 Å². The molecule has 174 valence electrons. The van der Waals surface area contributed by atoms with Gasteiger partial charge in [0.25, 0.3) is 0 Å². The highest BCUT2D eigenvalue weighted by atomic mass is 19.4. The number of carbonyl (C=O) groups is 2. The number of benzene rings is 3. The van der Waals surface area contributed by atoms with Crippen LogP contribution in [-0.2, 0) is 6.18 Å². The van der Waals surface area contributed by atoms with Crippen LogP contribution in [-0.4, -0.2) is 27.2 Å². The Morgan fingerprint density at radius 3 is 2.47 bits per heavy atom. The van der Waals surface area contributed by atoms with Crippen molar-refractivity contribution in [2.45, 2.75) is 6.18 Å². The van der Waals surface area contributed by atoms with Gasteiger partial charge in [0.05, 0.1) is 28.0 Å². The lowest BCUT2D eigenvalue weighted by atomic mass is 10.1. The monoisotopic (exact) mass is 471 g/mol. The van der Waals surface area contributed by atoms with Gasteiger partial charge in [-0.2, -0.15) is 13.2 Å². The summed E-state index contributed by atoms with van der Waals surface area (Å²) >= 11 is 0. The molecular weight excluding hydrogens is 455 g/mol. The number of nitrogens with zero attached hydrogens (tertiary/aromatic N) is 2. The summed E-state index contributed by atoms with van der Waals surface area (Å²) < 4.78 is 46.3. The second kappa shape index (κ2) is 8.65. The van der Waals surface area contributed by atoms with Gasteiger partial charge in [-0.25, -0.2) is 14.6 Å². The fourth-order valence-corrected chi connectivity index (χ4v) is 3.33. The van der Waals surface area contributed by atoms with E-state index < -0.39 is 29.6 Å². The first-order valence-corrected chi connectivity index (χ1v) is 9.65. The van der Waals surface area contributed by atoms with E-state index in [4.69, 9.17) is 15.6 Å². The standard InChI is InChI=1S/C22H16F3N5O4/c23-22(24,25)15-6-1-2-7-18(15)30(19(26)31)12-4-3-5-13(10-12)34-14-8-9-16-17(11-14)28-20(27-16)29-21(32)33/h1-11H,(H2,26,31)(H,32,33)(H2,27,28,29). The zero-order valence-electron chi connectivity index (χ0n) is 17.1. The van der Waals surface area contributed by atoms with Gasteiger partial charge >= 0.3 is 18.3 Å². The number of aromatic nitrogens is 2. The zero-order valence-corrected chi connectivity index (χ0v) is 17.1. The highest BCUT2D eigenvalue weighted by Gasteiger charge is 2.36. The van der Waals surface area contributed by atoms with Crippen LogP contribution >= 0.6 is 0 Å². The van der Waals surface area contributed by atoms with Crippen molar-refractivity contribution in [3.05, 3.63) is 72.3 Å². The number of fused-ring (bicyclic) bond motifs is 1. The van der Waals surface area contributed by atoms with E-state index >= 15 is 0 Å². The fourth-order valence-electron chi connectivity index (χ4n) is 3.33. The Hall–Kier alpha value is -4.74. The van der Waals surface area contributed by atoms with E-state index in [0.29, 0.717) is 16.8 Å². The number of aromatic amines is 1. The van der Waals surface area contributed by atoms with Crippen LogP contribution in [0.25, 0.3) is 11.0 Å². The largest absolute Gasteiger partial charge is 0.465 e. The van der Waals surface area contributed by atoms with Gasteiger partial charge in [0, 0.05) is 12.1 Å². The van der Waals surface area contributed by atoms with Crippen molar-refractivity contribution in [1.29, 1.82) is 0 Å². The van der Waals surface area contributed by atoms with Crippen LogP contribution in [0, 0.1) is 0 Å². The predicted molar refractivity (Wildman–Crippen MR) is 117 cm³/mol. The second-order valence-electron chi connectivity index (χ2n) is 6.98. The third-order valence-electron chi connectivity index (χ3n) is 4.66. The van der Waals surface area contributed by atoms with Gasteiger partial charge in [0.2, 0.25) is 5.95 Å². The summed E-state index contributed by atoms with van der Waals surface area (Å²) in [7, 11) is 0. The lowest BCUT2D eigenvalue weighted by Gasteiger charge is -2.24. The zero-order chi connectivity index (χ0) is 24.5. The number of nitrogens with one attached hydrogen (secondary N) is 2. The van der Waals surface area contributed by atoms with Crippen molar-refractivity contribution < 1.29 is 32.6 Å². The highest BCUT2D eigenvalue weighted by molar-refractivity contribution is 5.99. The summed E-state index contributed by atoms with van der Waals surface area (Å²) in [4.78, 5) is 30.5. The van der Waals surface area contributed by atoms with Crippen LogP contribution < -0.4 is 20.7 Å². The molecule has 1 aromatic heterocycles. The Bertz CT molecular complexity index is 1390. The molecule has 0 unspecified atom stereocenters. The molecule has 34 heavy (non-hydrogen) atoms. The molecule has 0 aliphatic rings. The molecule has 0 atom stereocenters. The Kier molecular flexibility index (Phi) is 5.72. The van der Waals surface area contributed by atoms with E-state index in [1.165, 1.54) is 30.3 Å². The summed E-state index contributed by atoms with van der Waals surface area (Å²) in [6.07, 6.45) is -5.98. The van der Waals surface area contributed by atoms with Gasteiger partial charge in [0.15, 0.2) is 0 Å². The van der Waals surface area contributed by atoms with Gasteiger partial charge < -0.3 is 20.6 Å². The molecular formula is C22H16F3N5O4. The molecule has 0 aliphatic carbocycles. The maximum atomic E-state index is 13.5. The molecule has 0 spiro atoms. The lowest BCUT2D eigenvalue weighted by Crippen LogP contribution is -2.33. The van der Waals surface area contributed by atoms with Crippen LogP contribution in [0.15, 0.2) is 66.7 Å². The van der Waals surface area contributed by atoms with Crippen molar-refractivity contribution in [2.75, 3.05) is 10.2 Å². The average molecular weight is 471 g/mol. The first-order valence-electron chi connectivity index (χ1n) is 9.65. The quantitative estimate of drug-likeness (QED) is 0.297. The molecule has 1 heterocycles. The Morgan fingerprint density at radius 2 is 1.76 bits per heavy atom. The number of para-hydroxylation sites is 1. The van der Waals surface area contributed by atoms with Crippen molar-refractivity contribution in [3.8, 4) is 11.5 Å². The number of carbonyl (C=O) groups excluding carboxylic acids is 1. The van der Waals surface area contributed by atoms with Crippen molar-refractivity contribution in [3.63, 3.8) is 0 Å². The van der Waals surface area contributed by atoms with Crippen LogP contribution in [0.1, 0.15) is 5.56 Å². The number of ether oxygens (including phenoxy) is 1. The second-order valence-corrected chi connectivity index (χ2v) is 6.98. The van der Waals surface area contributed by atoms with Crippen LogP contribution in [0.4, 0.5) is 40.1 Å². The van der Waals surface area contributed by atoms with E-state index in [1.54, 1.807) is 24.3 Å². The fraction of sp³-hybridized carbons (Fsp3) is 0.0455. The molecule has 3 amide bonds. The van der Waals surface area contributed by atoms with Gasteiger partial charge in [-0.3, -0.25) is 10.2 Å². The number of halogens is 3. The maximum absolute atomic E-state index is 13.5. The summed E-state index contributed by atoms with van der Waals surface area (Å²) in [5.41, 5.74) is 5.03. The van der Waals surface area contributed by atoms with E-state index in [-0.39, 0.29) is 17.4 Å². The minimum atomic E-state index is -4.70. The molecule has 4 rings (SSSR count). The first-order chi connectivity index (χ1) is 16.1. The van der Waals surface area contributed by atoms with Gasteiger partial charge in [-0.15, -0.1) is 0 Å². The summed E-state index contributed by atoms with van der Waals surface area (Å²) in [6.45, 7) is 0. The van der Waals surface area contributed by atoms with E-state index in [0.717, 1.165) is 17.0 Å². The normalized spacial score (nSPS) is 11.3. The third kappa shape index (κ3) is 4.70. The van der Waals surface area contributed by atoms with Crippen LogP contribution in [0.5, 0.6) is 11.5 Å². The lowest BCUT2D eigenvalue weighted by molar-refractivity contribution is -0.137. The predicted octanol–water partition coefficient (Wildman–Crippen LogP) is 5.68. The third-order valence-corrected chi connectivity index (χ3v) is 4.66. The van der Waals surface area contributed by atoms with Gasteiger partial charge in [0.1, 0.15) is 11.5 Å². The minimum absolute atomic E-state index is 0.0297. The molecule has 0 fully saturated rings. The first kappa shape index (κ1) is 22.5. The molecule has 3 aromatic carbocycles. The molecule has 0 saturated heterocycles. The smallest absolute Gasteiger partial charge is 0.418 e. The van der Waals surface area contributed by atoms with Gasteiger partial charge in [-0.05, 0) is 36.4 Å². The number of H-pyrrole nitrogens is 1. The maximum Gasteiger partial charge on any atom is 0.418 e. The van der Waals surface area contributed by atoms with Gasteiger partial charge in [-0.1, -0.05) is 18.2 Å². The number of carboxylic acid groups (broad SMARTS) is 1. The van der Waals surface area contributed by atoms with Crippen LogP contribution in [0.3, 0.4) is 0 Å². The van der Waals surface area contributed by atoms with E-state index in [9.17, 15) is 22.8 Å². The number of hydrogen-bond acceptors (Lipinski definition) is 4. The number of primary amides is 1. The number of amides is 3. The van der Waals surface area contributed by atoms with E-state index in [2.05, 4.69) is 15.3 Å². The Morgan fingerprint density at radius 1 is 1.03 bits per heavy atom.